The zero-order chi connectivity index (χ0) is 8.36. The highest BCUT2D eigenvalue weighted by atomic mass is 35.5. The summed E-state index contributed by atoms with van der Waals surface area (Å²) in [6.07, 6.45) is 0.456. The molecule has 0 atom stereocenters. The van der Waals surface area contributed by atoms with E-state index in [-0.39, 0.29) is 9.52 Å². The smallest absolute Gasteiger partial charge is 0.0953 e. The fourth-order valence-electron chi connectivity index (χ4n) is 0.293. The van der Waals surface area contributed by atoms with Crippen LogP contribution in [0, 0.1) is 0 Å². The SMILES string of the molecule is CCC(Cl)(Cl)C(Cl)=C(Cl)Cl. The van der Waals surface area contributed by atoms with Crippen molar-refractivity contribution in [2.24, 2.45) is 0 Å². The predicted octanol–water partition coefficient (Wildman–Crippen LogP) is 4.46. The Hall–Kier alpha value is 1.19. The summed E-state index contributed by atoms with van der Waals surface area (Å²) in [5.74, 6) is 0. The second-order valence-electron chi connectivity index (χ2n) is 1.63. The standard InChI is InChI=1S/C5H5Cl5/c1-2-5(9,10)3(6)4(7)8/h2H2,1H3. The van der Waals surface area contributed by atoms with Crippen LogP contribution in [0.25, 0.3) is 0 Å². The normalized spacial score (nSPS) is 11.4. The minimum atomic E-state index is -1.15. The van der Waals surface area contributed by atoms with Crippen LogP contribution in [0.4, 0.5) is 0 Å². The van der Waals surface area contributed by atoms with E-state index >= 15 is 0 Å². The Morgan fingerprint density at radius 1 is 1.20 bits per heavy atom. The molecule has 0 aromatic carbocycles. The van der Waals surface area contributed by atoms with E-state index < -0.39 is 4.33 Å². The van der Waals surface area contributed by atoms with Gasteiger partial charge in [0.1, 0.15) is 4.49 Å². The Kier molecular flexibility index (Phi) is 4.78. The van der Waals surface area contributed by atoms with Crippen molar-refractivity contribution in [3.05, 3.63) is 9.52 Å². The lowest BCUT2D eigenvalue weighted by atomic mass is 10.3. The van der Waals surface area contributed by atoms with Crippen LogP contribution in [0.2, 0.25) is 0 Å². The molecule has 0 fully saturated rings. The van der Waals surface area contributed by atoms with Gasteiger partial charge in [-0.2, -0.15) is 0 Å². The van der Waals surface area contributed by atoms with E-state index in [2.05, 4.69) is 0 Å². The van der Waals surface area contributed by atoms with Gasteiger partial charge in [-0.15, -0.1) is 0 Å². The van der Waals surface area contributed by atoms with Crippen LogP contribution < -0.4 is 0 Å². The summed E-state index contributed by atoms with van der Waals surface area (Å²) in [7, 11) is 0. The molecule has 60 valence electrons. The average Bonchev–Trinajstić information content (AvgIpc) is 1.86. The van der Waals surface area contributed by atoms with Gasteiger partial charge in [0, 0.05) is 0 Å². The van der Waals surface area contributed by atoms with Gasteiger partial charge in [0.15, 0.2) is 4.33 Å². The maximum Gasteiger partial charge on any atom is 0.155 e. The van der Waals surface area contributed by atoms with E-state index in [1.165, 1.54) is 0 Å². The van der Waals surface area contributed by atoms with E-state index in [4.69, 9.17) is 58.0 Å². The molecule has 0 heterocycles. The van der Waals surface area contributed by atoms with Crippen LogP contribution in [0.15, 0.2) is 9.52 Å². The molecule has 0 nitrogen and oxygen atoms in total. The van der Waals surface area contributed by atoms with Gasteiger partial charge in [-0.05, 0) is 6.42 Å². The van der Waals surface area contributed by atoms with Crippen molar-refractivity contribution < 1.29 is 0 Å². The number of alkyl halides is 2. The van der Waals surface area contributed by atoms with Crippen LogP contribution >= 0.6 is 58.0 Å². The maximum atomic E-state index is 5.67. The number of hydrogen-bond acceptors (Lipinski definition) is 0. The zero-order valence-corrected chi connectivity index (χ0v) is 8.88. The van der Waals surface area contributed by atoms with Gasteiger partial charge in [0.05, 0.1) is 5.03 Å². The fraction of sp³-hybridized carbons (Fsp3) is 0.600. The molecule has 0 rings (SSSR count). The molecule has 0 unspecified atom stereocenters. The Morgan fingerprint density at radius 3 is 1.70 bits per heavy atom. The Labute approximate surface area is 85.0 Å². The van der Waals surface area contributed by atoms with Gasteiger partial charge < -0.3 is 0 Å². The maximum absolute atomic E-state index is 5.67. The van der Waals surface area contributed by atoms with E-state index in [0.29, 0.717) is 6.42 Å². The fourth-order valence-corrected chi connectivity index (χ4v) is 1.13. The zero-order valence-electron chi connectivity index (χ0n) is 5.10. The molecule has 0 aliphatic rings. The molecule has 0 N–H and O–H groups in total. The molecular formula is C5H5Cl5. The third kappa shape index (κ3) is 3.06. The van der Waals surface area contributed by atoms with E-state index in [1.807, 2.05) is 0 Å². The lowest BCUT2D eigenvalue weighted by molar-refractivity contribution is 0.882. The molecule has 10 heavy (non-hydrogen) atoms. The first-order valence-electron chi connectivity index (χ1n) is 2.51. The van der Waals surface area contributed by atoms with E-state index in [0.717, 1.165) is 0 Å². The first kappa shape index (κ1) is 11.2. The largest absolute Gasteiger partial charge is 0.155 e. The molecule has 0 saturated heterocycles. The van der Waals surface area contributed by atoms with Crippen molar-refractivity contribution in [3.63, 3.8) is 0 Å². The first-order chi connectivity index (χ1) is 4.41. The summed E-state index contributed by atoms with van der Waals surface area (Å²) in [6.45, 7) is 1.78. The van der Waals surface area contributed by atoms with Crippen molar-refractivity contribution in [3.8, 4) is 0 Å². The molecule has 0 amide bonds. The summed E-state index contributed by atoms with van der Waals surface area (Å²) < 4.78 is -1.24. The van der Waals surface area contributed by atoms with Crippen molar-refractivity contribution in [1.82, 2.24) is 0 Å². The second kappa shape index (κ2) is 4.27. The molecule has 0 radical (unpaired) electrons. The predicted molar refractivity (Wildman–Crippen MR) is 49.3 cm³/mol. The molecule has 0 aromatic rings. The van der Waals surface area contributed by atoms with Crippen molar-refractivity contribution in [2.75, 3.05) is 0 Å². The number of hydrogen-bond donors (Lipinski definition) is 0. The minimum absolute atomic E-state index is 0.0710. The number of halogens is 5. The minimum Gasteiger partial charge on any atom is -0.0953 e. The lowest BCUT2D eigenvalue weighted by Crippen LogP contribution is -2.11. The van der Waals surface area contributed by atoms with Gasteiger partial charge in [-0.25, -0.2) is 0 Å². The summed E-state index contributed by atoms with van der Waals surface area (Å²) in [4.78, 5) is 0. The second-order valence-corrected chi connectivity index (χ2v) is 4.44. The highest BCUT2D eigenvalue weighted by Crippen LogP contribution is 2.39. The summed E-state index contributed by atoms with van der Waals surface area (Å²) in [5, 5.41) is 0.0710. The van der Waals surface area contributed by atoms with Gasteiger partial charge in [0.2, 0.25) is 0 Å². The van der Waals surface area contributed by atoms with Crippen LogP contribution in [0.1, 0.15) is 13.3 Å². The van der Waals surface area contributed by atoms with E-state index in [9.17, 15) is 0 Å². The quantitative estimate of drug-likeness (QED) is 0.627. The summed E-state index contributed by atoms with van der Waals surface area (Å²) >= 11 is 27.6. The molecule has 0 aromatic heterocycles. The van der Waals surface area contributed by atoms with Crippen molar-refractivity contribution in [1.29, 1.82) is 0 Å². The van der Waals surface area contributed by atoms with Gasteiger partial charge in [-0.3, -0.25) is 0 Å². The topological polar surface area (TPSA) is 0 Å². The van der Waals surface area contributed by atoms with Crippen LogP contribution in [-0.2, 0) is 0 Å². The summed E-state index contributed by atoms with van der Waals surface area (Å²) in [5.41, 5.74) is 0. The van der Waals surface area contributed by atoms with Crippen LogP contribution in [0.3, 0.4) is 0 Å². The van der Waals surface area contributed by atoms with Gasteiger partial charge in [-0.1, -0.05) is 64.9 Å². The first-order valence-corrected chi connectivity index (χ1v) is 4.40. The van der Waals surface area contributed by atoms with Crippen molar-refractivity contribution in [2.45, 2.75) is 17.7 Å². The van der Waals surface area contributed by atoms with Crippen molar-refractivity contribution >= 4 is 58.0 Å². The van der Waals surface area contributed by atoms with Gasteiger partial charge in [0.25, 0.3) is 0 Å². The molecule has 0 bridgehead atoms. The summed E-state index contributed by atoms with van der Waals surface area (Å²) in [6, 6.07) is 0. The number of allylic oxidation sites excluding steroid dienone is 1. The Bertz CT molecular complexity index is 144. The third-order valence-electron chi connectivity index (χ3n) is 0.931. The van der Waals surface area contributed by atoms with E-state index in [1.54, 1.807) is 6.92 Å². The van der Waals surface area contributed by atoms with Crippen LogP contribution in [-0.4, -0.2) is 4.33 Å². The Morgan fingerprint density at radius 2 is 1.60 bits per heavy atom. The highest BCUT2D eigenvalue weighted by Gasteiger charge is 2.27. The molecule has 0 saturated carbocycles. The lowest BCUT2D eigenvalue weighted by Gasteiger charge is -2.15. The third-order valence-corrected chi connectivity index (χ3v) is 3.12. The molecular weight excluding hydrogens is 237 g/mol. The highest BCUT2D eigenvalue weighted by molar-refractivity contribution is 6.64. The molecule has 0 aliphatic carbocycles. The molecule has 0 spiro atoms. The number of rotatable bonds is 2. The van der Waals surface area contributed by atoms with Crippen LogP contribution in [0.5, 0.6) is 0 Å². The monoisotopic (exact) mass is 240 g/mol. The van der Waals surface area contributed by atoms with Gasteiger partial charge >= 0.3 is 0 Å². The Balaban J connectivity index is 4.49. The average molecular weight is 242 g/mol. The molecule has 0 aliphatic heterocycles. The molecule has 5 heteroatoms.